The molecular weight excluding hydrogens is 310 g/mol. The summed E-state index contributed by atoms with van der Waals surface area (Å²) in [5, 5.41) is 12.9. The average molecular weight is 340 g/mol. The van der Waals surface area contributed by atoms with Crippen molar-refractivity contribution in [2.45, 2.75) is 59.0 Å². The first-order valence-electron chi connectivity index (χ1n) is 8.43. The molecule has 1 aromatic heterocycles. The van der Waals surface area contributed by atoms with Gasteiger partial charge in [-0.1, -0.05) is 6.92 Å². The molecule has 1 heterocycles. The standard InChI is InChI=1S/C18H29NO3S/c1-5-14-8-9-15(23-14)10-18(12-20,13-6-7-13)11-19-16(21)22-17(2,3)4/h8-9,13,20H,5-7,10-12H2,1-4H3,(H,19,21). The number of hydrogen-bond acceptors (Lipinski definition) is 4. The van der Waals surface area contributed by atoms with Crippen molar-refractivity contribution in [3.8, 4) is 0 Å². The van der Waals surface area contributed by atoms with Crippen LogP contribution in [0.4, 0.5) is 4.79 Å². The van der Waals surface area contributed by atoms with Crippen LogP contribution in [0.5, 0.6) is 0 Å². The van der Waals surface area contributed by atoms with Crippen molar-refractivity contribution >= 4 is 17.4 Å². The minimum Gasteiger partial charge on any atom is -0.444 e. The van der Waals surface area contributed by atoms with Crippen molar-refractivity contribution in [1.29, 1.82) is 0 Å². The van der Waals surface area contributed by atoms with E-state index in [9.17, 15) is 9.90 Å². The largest absolute Gasteiger partial charge is 0.444 e. The summed E-state index contributed by atoms with van der Waals surface area (Å²) in [6.07, 6.45) is 3.70. The molecule has 5 heteroatoms. The van der Waals surface area contributed by atoms with Crippen molar-refractivity contribution in [3.05, 3.63) is 21.9 Å². The van der Waals surface area contributed by atoms with E-state index in [-0.39, 0.29) is 12.0 Å². The summed E-state index contributed by atoms with van der Waals surface area (Å²) >= 11 is 1.81. The van der Waals surface area contributed by atoms with E-state index < -0.39 is 11.7 Å². The highest BCUT2D eigenvalue weighted by molar-refractivity contribution is 7.11. The summed E-state index contributed by atoms with van der Waals surface area (Å²) in [7, 11) is 0. The maximum Gasteiger partial charge on any atom is 0.407 e. The molecule has 0 aromatic carbocycles. The van der Waals surface area contributed by atoms with Gasteiger partial charge in [-0.05, 0) is 64.5 Å². The van der Waals surface area contributed by atoms with Gasteiger partial charge >= 0.3 is 6.09 Å². The van der Waals surface area contributed by atoms with Crippen LogP contribution in [0.2, 0.25) is 0 Å². The van der Waals surface area contributed by atoms with Gasteiger partial charge in [0.2, 0.25) is 0 Å². The van der Waals surface area contributed by atoms with Gasteiger partial charge in [0.25, 0.3) is 0 Å². The van der Waals surface area contributed by atoms with Gasteiger partial charge in [0.1, 0.15) is 5.60 Å². The zero-order valence-corrected chi connectivity index (χ0v) is 15.5. The Kier molecular flexibility index (Phi) is 5.74. The molecule has 0 radical (unpaired) electrons. The predicted molar refractivity (Wildman–Crippen MR) is 93.9 cm³/mol. The number of aryl methyl sites for hydroxylation is 1. The van der Waals surface area contributed by atoms with E-state index in [1.807, 2.05) is 32.1 Å². The van der Waals surface area contributed by atoms with E-state index in [1.54, 1.807) is 0 Å². The average Bonchev–Trinajstić information content (AvgIpc) is 3.22. The Morgan fingerprint density at radius 1 is 1.35 bits per heavy atom. The summed E-state index contributed by atoms with van der Waals surface area (Å²) in [5.74, 6) is 0.481. The first-order valence-corrected chi connectivity index (χ1v) is 9.25. The van der Waals surface area contributed by atoms with Crippen LogP contribution in [0.3, 0.4) is 0 Å². The Balaban J connectivity index is 2.02. The molecule has 0 aliphatic heterocycles. The van der Waals surface area contributed by atoms with Crippen LogP contribution in [0, 0.1) is 11.3 Å². The number of hydrogen-bond donors (Lipinski definition) is 2. The van der Waals surface area contributed by atoms with Crippen molar-refractivity contribution in [2.24, 2.45) is 11.3 Å². The molecular formula is C18H29NO3S. The van der Waals surface area contributed by atoms with E-state index >= 15 is 0 Å². The van der Waals surface area contributed by atoms with E-state index in [4.69, 9.17) is 4.74 Å². The molecule has 0 spiro atoms. The molecule has 1 atom stereocenters. The summed E-state index contributed by atoms with van der Waals surface area (Å²) in [4.78, 5) is 14.6. The number of alkyl carbamates (subject to hydrolysis) is 1. The summed E-state index contributed by atoms with van der Waals surface area (Å²) in [6, 6.07) is 4.32. The van der Waals surface area contributed by atoms with Crippen LogP contribution in [0.15, 0.2) is 12.1 Å². The lowest BCUT2D eigenvalue weighted by Crippen LogP contribution is -2.44. The molecule has 23 heavy (non-hydrogen) atoms. The third-order valence-corrected chi connectivity index (χ3v) is 5.56. The minimum absolute atomic E-state index is 0.0901. The van der Waals surface area contributed by atoms with Gasteiger partial charge < -0.3 is 15.2 Å². The Bertz CT molecular complexity index is 531. The Morgan fingerprint density at radius 2 is 2.00 bits per heavy atom. The van der Waals surface area contributed by atoms with E-state index in [0.29, 0.717) is 12.5 Å². The second-order valence-electron chi connectivity index (χ2n) is 7.55. The van der Waals surface area contributed by atoms with Gasteiger partial charge in [0.05, 0.1) is 6.61 Å². The van der Waals surface area contributed by atoms with Crippen LogP contribution in [0.25, 0.3) is 0 Å². The summed E-state index contributed by atoms with van der Waals surface area (Å²) in [5.41, 5.74) is -0.776. The molecule has 2 rings (SSSR count). The van der Waals surface area contributed by atoms with Gasteiger partial charge in [-0.15, -0.1) is 11.3 Å². The number of nitrogens with one attached hydrogen (secondary N) is 1. The highest BCUT2D eigenvalue weighted by Crippen LogP contribution is 2.47. The molecule has 2 N–H and O–H groups in total. The third kappa shape index (κ3) is 5.21. The number of aliphatic hydroxyl groups excluding tert-OH is 1. The van der Waals surface area contributed by atoms with Crippen LogP contribution < -0.4 is 5.32 Å². The van der Waals surface area contributed by atoms with Crippen molar-refractivity contribution in [1.82, 2.24) is 5.32 Å². The highest BCUT2D eigenvalue weighted by Gasteiger charge is 2.45. The zero-order chi connectivity index (χ0) is 17.1. The summed E-state index contributed by atoms with van der Waals surface area (Å²) in [6.45, 7) is 8.26. The predicted octanol–water partition coefficient (Wildman–Crippen LogP) is 3.77. The molecule has 130 valence electrons. The topological polar surface area (TPSA) is 58.6 Å². The molecule has 4 nitrogen and oxygen atoms in total. The summed E-state index contributed by atoms with van der Waals surface area (Å²) < 4.78 is 5.32. The Morgan fingerprint density at radius 3 is 2.48 bits per heavy atom. The lowest BCUT2D eigenvalue weighted by molar-refractivity contribution is 0.0441. The molecule has 1 aliphatic rings. The second kappa shape index (κ2) is 7.22. The normalized spacial score (nSPS) is 17.6. The number of aliphatic hydroxyl groups is 1. The maximum absolute atomic E-state index is 12.0. The third-order valence-electron chi connectivity index (χ3n) is 4.33. The molecule has 0 saturated heterocycles. The fourth-order valence-electron chi connectivity index (χ4n) is 2.90. The number of amides is 1. The highest BCUT2D eigenvalue weighted by atomic mass is 32.1. The van der Waals surface area contributed by atoms with Crippen LogP contribution in [0.1, 0.15) is 50.3 Å². The molecule has 0 bridgehead atoms. The van der Waals surface area contributed by atoms with Crippen LogP contribution in [-0.4, -0.2) is 30.0 Å². The molecule has 1 fully saturated rings. The van der Waals surface area contributed by atoms with E-state index in [2.05, 4.69) is 24.4 Å². The number of carbonyl (C=O) groups is 1. The quantitative estimate of drug-likeness (QED) is 0.795. The maximum atomic E-state index is 12.0. The zero-order valence-electron chi connectivity index (χ0n) is 14.6. The van der Waals surface area contributed by atoms with Gasteiger partial charge in [0.15, 0.2) is 0 Å². The molecule has 1 amide bonds. The SMILES string of the molecule is CCc1ccc(CC(CO)(CNC(=O)OC(C)(C)C)C2CC2)s1. The lowest BCUT2D eigenvalue weighted by atomic mass is 9.79. The van der Waals surface area contributed by atoms with E-state index in [1.165, 1.54) is 9.75 Å². The van der Waals surface area contributed by atoms with Crippen LogP contribution >= 0.6 is 11.3 Å². The number of rotatable bonds is 7. The number of thiophene rings is 1. The van der Waals surface area contributed by atoms with Gasteiger partial charge in [-0.2, -0.15) is 0 Å². The number of carbonyl (C=O) groups excluding carboxylic acids is 1. The molecule has 1 aromatic rings. The smallest absolute Gasteiger partial charge is 0.407 e. The first-order chi connectivity index (χ1) is 10.8. The van der Waals surface area contributed by atoms with Gasteiger partial charge in [0, 0.05) is 21.7 Å². The van der Waals surface area contributed by atoms with Crippen molar-refractivity contribution in [3.63, 3.8) is 0 Å². The fraction of sp³-hybridized carbons (Fsp3) is 0.722. The van der Waals surface area contributed by atoms with Crippen LogP contribution in [-0.2, 0) is 17.6 Å². The number of ether oxygens (including phenoxy) is 1. The Labute approximate surface area is 143 Å². The van der Waals surface area contributed by atoms with E-state index in [0.717, 1.165) is 25.7 Å². The first kappa shape index (κ1) is 18.3. The van der Waals surface area contributed by atoms with Gasteiger partial charge in [-0.25, -0.2) is 4.79 Å². The lowest BCUT2D eigenvalue weighted by Gasteiger charge is -2.32. The molecule has 1 unspecified atom stereocenters. The molecule has 1 saturated carbocycles. The van der Waals surface area contributed by atoms with Crippen molar-refractivity contribution in [2.75, 3.05) is 13.2 Å². The second-order valence-corrected chi connectivity index (χ2v) is 8.80. The minimum atomic E-state index is -0.505. The Hall–Kier alpha value is -1.07. The molecule has 1 aliphatic carbocycles. The fourth-order valence-corrected chi connectivity index (χ4v) is 4.02. The monoisotopic (exact) mass is 339 g/mol. The van der Waals surface area contributed by atoms with Gasteiger partial charge in [-0.3, -0.25) is 0 Å². The van der Waals surface area contributed by atoms with Crippen molar-refractivity contribution < 1.29 is 14.6 Å².